The first-order valence-electron chi connectivity index (χ1n) is 6.23. The topological polar surface area (TPSA) is 72.9 Å². The Labute approximate surface area is 112 Å². The van der Waals surface area contributed by atoms with E-state index in [1.54, 1.807) is 12.5 Å². The molecule has 1 aromatic heterocycles. The van der Waals surface area contributed by atoms with Gasteiger partial charge in [-0.25, -0.2) is 4.98 Å². The van der Waals surface area contributed by atoms with Gasteiger partial charge in [0.05, 0.1) is 24.3 Å². The Morgan fingerprint density at radius 2 is 2.16 bits per heavy atom. The van der Waals surface area contributed by atoms with Crippen molar-refractivity contribution in [2.45, 2.75) is 19.5 Å². The van der Waals surface area contributed by atoms with Gasteiger partial charge in [-0.1, -0.05) is 30.3 Å². The summed E-state index contributed by atoms with van der Waals surface area (Å²) in [5, 5.41) is 2.76. The van der Waals surface area contributed by atoms with Crippen LogP contribution in [0.1, 0.15) is 24.2 Å². The van der Waals surface area contributed by atoms with E-state index < -0.39 is 0 Å². The molecule has 1 heterocycles. The minimum Gasteiger partial charge on any atom is -0.355 e. The Bertz CT molecular complexity index is 535. The first-order chi connectivity index (χ1) is 9.18. The fraction of sp³-hybridized carbons (Fsp3) is 0.286. The van der Waals surface area contributed by atoms with E-state index in [2.05, 4.69) is 10.3 Å². The van der Waals surface area contributed by atoms with Crippen molar-refractivity contribution in [3.05, 3.63) is 54.1 Å². The van der Waals surface area contributed by atoms with Crippen LogP contribution in [0.5, 0.6) is 0 Å². The maximum absolute atomic E-state index is 10.9. The van der Waals surface area contributed by atoms with Crippen molar-refractivity contribution in [3.8, 4) is 0 Å². The highest BCUT2D eigenvalue weighted by Gasteiger charge is 2.13. The van der Waals surface area contributed by atoms with Crippen LogP contribution in [0.25, 0.3) is 0 Å². The normalized spacial score (nSPS) is 12.1. The van der Waals surface area contributed by atoms with Crippen molar-refractivity contribution in [3.63, 3.8) is 0 Å². The Morgan fingerprint density at radius 3 is 2.84 bits per heavy atom. The predicted octanol–water partition coefficient (Wildman–Crippen LogP) is 1.07. The first kappa shape index (κ1) is 13.3. The highest BCUT2D eigenvalue weighted by molar-refractivity contribution is 5.72. The zero-order chi connectivity index (χ0) is 13.7. The summed E-state index contributed by atoms with van der Waals surface area (Å²) in [6.45, 7) is 2.74. The number of hydrogen-bond acceptors (Lipinski definition) is 3. The van der Waals surface area contributed by atoms with Gasteiger partial charge < -0.3 is 15.6 Å². The zero-order valence-corrected chi connectivity index (χ0v) is 10.9. The molecular formula is C14H18N4O. The second-order valence-electron chi connectivity index (χ2n) is 4.38. The molecule has 19 heavy (non-hydrogen) atoms. The van der Waals surface area contributed by atoms with Crippen LogP contribution >= 0.6 is 0 Å². The zero-order valence-electron chi connectivity index (χ0n) is 10.9. The van der Waals surface area contributed by atoms with Crippen LogP contribution in [0.15, 0.2) is 42.9 Å². The molecule has 0 bridgehead atoms. The number of imidazole rings is 1. The summed E-state index contributed by atoms with van der Waals surface area (Å²) in [5.74, 6) is -0.0333. The lowest BCUT2D eigenvalue weighted by Gasteiger charge is -2.15. The van der Waals surface area contributed by atoms with E-state index in [1.807, 2.05) is 34.9 Å². The summed E-state index contributed by atoms with van der Waals surface area (Å²) in [6, 6.07) is 9.68. The van der Waals surface area contributed by atoms with Gasteiger partial charge >= 0.3 is 0 Å². The number of nitrogens with zero attached hydrogens (tertiary/aromatic N) is 2. The van der Waals surface area contributed by atoms with Crippen molar-refractivity contribution in [2.24, 2.45) is 5.73 Å². The number of benzene rings is 1. The molecule has 100 valence electrons. The Hall–Kier alpha value is -2.14. The lowest BCUT2D eigenvalue weighted by atomic mass is 10.1. The van der Waals surface area contributed by atoms with Gasteiger partial charge in [0, 0.05) is 20.0 Å². The maximum atomic E-state index is 10.9. The van der Waals surface area contributed by atoms with Crippen molar-refractivity contribution in [1.29, 1.82) is 0 Å². The molecule has 3 N–H and O–H groups in total. The van der Waals surface area contributed by atoms with Gasteiger partial charge in [-0.3, -0.25) is 4.79 Å². The molecule has 0 radical (unpaired) electrons. The summed E-state index contributed by atoms with van der Waals surface area (Å²) in [4.78, 5) is 15.0. The van der Waals surface area contributed by atoms with E-state index in [9.17, 15) is 4.79 Å². The Balaban J connectivity index is 2.08. The molecule has 2 rings (SSSR count). The van der Waals surface area contributed by atoms with Gasteiger partial charge in [-0.2, -0.15) is 0 Å². The largest absolute Gasteiger partial charge is 0.355 e. The second kappa shape index (κ2) is 6.15. The van der Waals surface area contributed by atoms with Gasteiger partial charge in [0.25, 0.3) is 0 Å². The van der Waals surface area contributed by atoms with Crippen molar-refractivity contribution in [2.75, 3.05) is 6.54 Å². The van der Waals surface area contributed by atoms with E-state index >= 15 is 0 Å². The predicted molar refractivity (Wildman–Crippen MR) is 73.4 cm³/mol. The molecule has 5 heteroatoms. The summed E-state index contributed by atoms with van der Waals surface area (Å²) >= 11 is 0. The van der Waals surface area contributed by atoms with Crippen molar-refractivity contribution >= 4 is 5.91 Å². The fourth-order valence-electron chi connectivity index (χ4n) is 1.96. The third-order valence-electron chi connectivity index (χ3n) is 2.95. The van der Waals surface area contributed by atoms with Crippen LogP contribution in [0.3, 0.4) is 0 Å². The second-order valence-corrected chi connectivity index (χ2v) is 4.38. The fourth-order valence-corrected chi connectivity index (χ4v) is 1.96. The number of nitrogens with one attached hydrogen (secondary N) is 1. The van der Waals surface area contributed by atoms with Crippen LogP contribution in [-0.2, 0) is 11.3 Å². The molecule has 0 aliphatic rings. The van der Waals surface area contributed by atoms with Crippen LogP contribution in [0, 0.1) is 0 Å². The van der Waals surface area contributed by atoms with Crippen molar-refractivity contribution < 1.29 is 4.79 Å². The lowest BCUT2D eigenvalue weighted by molar-refractivity contribution is -0.118. The monoisotopic (exact) mass is 258 g/mol. The van der Waals surface area contributed by atoms with Gasteiger partial charge in [-0.05, 0) is 5.56 Å². The number of nitrogens with two attached hydrogens (primary N) is 1. The number of rotatable bonds is 5. The molecule has 1 amide bonds. The summed E-state index contributed by atoms with van der Waals surface area (Å²) in [6.07, 6.45) is 3.51. The SMILES string of the molecule is CC(=O)NCCn1cncc1C(N)c1ccccc1. The molecule has 1 unspecified atom stereocenters. The molecule has 1 atom stereocenters. The molecule has 0 saturated carbocycles. The number of amides is 1. The van der Waals surface area contributed by atoms with Crippen LogP contribution in [0.2, 0.25) is 0 Å². The van der Waals surface area contributed by atoms with Gasteiger partial charge in [0.15, 0.2) is 0 Å². The van der Waals surface area contributed by atoms with Crippen LogP contribution in [0.4, 0.5) is 0 Å². The summed E-state index contributed by atoms with van der Waals surface area (Å²) in [7, 11) is 0. The molecular weight excluding hydrogens is 240 g/mol. The van der Waals surface area contributed by atoms with E-state index in [0.29, 0.717) is 13.1 Å². The van der Waals surface area contributed by atoms with E-state index in [4.69, 9.17) is 5.73 Å². The number of carbonyl (C=O) groups excluding carboxylic acids is 1. The number of aromatic nitrogens is 2. The maximum Gasteiger partial charge on any atom is 0.216 e. The highest BCUT2D eigenvalue weighted by atomic mass is 16.1. The average Bonchev–Trinajstić information content (AvgIpc) is 2.87. The third-order valence-corrected chi connectivity index (χ3v) is 2.95. The van der Waals surface area contributed by atoms with E-state index in [0.717, 1.165) is 11.3 Å². The third kappa shape index (κ3) is 3.42. The molecule has 0 saturated heterocycles. The standard InChI is InChI=1S/C14H18N4O/c1-11(19)17-7-8-18-10-16-9-13(18)14(15)12-5-3-2-4-6-12/h2-6,9-10,14H,7-8,15H2,1H3,(H,17,19). The average molecular weight is 258 g/mol. The van der Waals surface area contributed by atoms with Crippen LogP contribution in [-0.4, -0.2) is 22.0 Å². The van der Waals surface area contributed by atoms with E-state index in [-0.39, 0.29) is 11.9 Å². The summed E-state index contributed by atoms with van der Waals surface area (Å²) < 4.78 is 1.97. The molecule has 0 spiro atoms. The molecule has 5 nitrogen and oxygen atoms in total. The van der Waals surface area contributed by atoms with E-state index in [1.165, 1.54) is 6.92 Å². The van der Waals surface area contributed by atoms with Gasteiger partial charge in [0.2, 0.25) is 5.91 Å². The van der Waals surface area contributed by atoms with Gasteiger partial charge in [-0.15, -0.1) is 0 Å². The minimum absolute atomic E-state index is 0.0333. The Morgan fingerprint density at radius 1 is 1.42 bits per heavy atom. The highest BCUT2D eigenvalue weighted by Crippen LogP contribution is 2.18. The number of hydrogen-bond donors (Lipinski definition) is 2. The Kier molecular flexibility index (Phi) is 4.30. The smallest absolute Gasteiger partial charge is 0.216 e. The van der Waals surface area contributed by atoms with Gasteiger partial charge in [0.1, 0.15) is 0 Å². The first-order valence-corrected chi connectivity index (χ1v) is 6.23. The molecule has 2 aromatic rings. The lowest BCUT2D eigenvalue weighted by Crippen LogP contribution is -2.26. The minimum atomic E-state index is -0.207. The van der Waals surface area contributed by atoms with Crippen molar-refractivity contribution in [1.82, 2.24) is 14.9 Å². The van der Waals surface area contributed by atoms with Crippen LogP contribution < -0.4 is 11.1 Å². The number of carbonyl (C=O) groups is 1. The molecule has 0 aliphatic carbocycles. The summed E-state index contributed by atoms with van der Waals surface area (Å²) in [5.41, 5.74) is 8.23. The molecule has 0 aliphatic heterocycles. The molecule has 0 fully saturated rings. The molecule has 1 aromatic carbocycles. The quantitative estimate of drug-likeness (QED) is 0.842.